The summed E-state index contributed by atoms with van der Waals surface area (Å²) in [6, 6.07) is 5.95. The Kier molecular flexibility index (Phi) is 5.01. The van der Waals surface area contributed by atoms with E-state index in [1.54, 1.807) is 0 Å². The smallest absolute Gasteiger partial charge is 0.303 e. The molecular weight excluding hydrogens is 216 g/mol. The second kappa shape index (κ2) is 6.28. The van der Waals surface area contributed by atoms with E-state index >= 15 is 0 Å². The van der Waals surface area contributed by atoms with Gasteiger partial charge in [-0.15, -0.1) is 0 Å². The molecule has 0 amide bonds. The average Bonchev–Trinajstić information content (AvgIpc) is 2.28. The van der Waals surface area contributed by atoms with Gasteiger partial charge < -0.3 is 9.84 Å². The first-order valence-corrected chi connectivity index (χ1v) is 6.03. The van der Waals surface area contributed by atoms with Crippen LogP contribution in [0.3, 0.4) is 0 Å². The van der Waals surface area contributed by atoms with Gasteiger partial charge in [0.15, 0.2) is 0 Å². The van der Waals surface area contributed by atoms with Crippen LogP contribution >= 0.6 is 0 Å². The molecule has 0 saturated heterocycles. The highest BCUT2D eigenvalue weighted by Crippen LogP contribution is 2.32. The summed E-state index contributed by atoms with van der Waals surface area (Å²) >= 11 is 0. The SMILES string of the molecule is CCOc1ccc(C)cc1C(CC)CC(=O)O. The monoisotopic (exact) mass is 236 g/mol. The van der Waals surface area contributed by atoms with Gasteiger partial charge in [-0.2, -0.15) is 0 Å². The minimum Gasteiger partial charge on any atom is -0.494 e. The highest BCUT2D eigenvalue weighted by Gasteiger charge is 2.17. The fourth-order valence-electron chi connectivity index (χ4n) is 1.96. The summed E-state index contributed by atoms with van der Waals surface area (Å²) in [7, 11) is 0. The van der Waals surface area contributed by atoms with Crippen LogP contribution < -0.4 is 4.74 Å². The zero-order chi connectivity index (χ0) is 12.8. The fraction of sp³-hybridized carbons (Fsp3) is 0.500. The number of hydrogen-bond donors (Lipinski definition) is 1. The maximum absolute atomic E-state index is 10.9. The molecule has 3 nitrogen and oxygen atoms in total. The molecule has 3 heteroatoms. The number of carboxylic acids is 1. The molecule has 1 atom stereocenters. The molecule has 94 valence electrons. The van der Waals surface area contributed by atoms with Gasteiger partial charge in [-0.1, -0.05) is 24.6 Å². The van der Waals surface area contributed by atoms with Crippen LogP contribution in [0.4, 0.5) is 0 Å². The molecule has 0 aliphatic rings. The van der Waals surface area contributed by atoms with E-state index in [-0.39, 0.29) is 12.3 Å². The highest BCUT2D eigenvalue weighted by atomic mass is 16.5. The number of benzene rings is 1. The predicted molar refractivity (Wildman–Crippen MR) is 67.6 cm³/mol. The summed E-state index contributed by atoms with van der Waals surface area (Å²) in [5.41, 5.74) is 2.14. The van der Waals surface area contributed by atoms with Crippen LogP contribution in [0.15, 0.2) is 18.2 Å². The second-order valence-corrected chi connectivity index (χ2v) is 4.18. The Hall–Kier alpha value is -1.51. The van der Waals surface area contributed by atoms with E-state index < -0.39 is 5.97 Å². The Bertz CT molecular complexity index is 385. The van der Waals surface area contributed by atoms with Gasteiger partial charge in [0.2, 0.25) is 0 Å². The lowest BCUT2D eigenvalue weighted by Crippen LogP contribution is -2.08. The van der Waals surface area contributed by atoms with E-state index in [0.29, 0.717) is 6.61 Å². The predicted octanol–water partition coefficient (Wildman–Crippen LogP) is 3.36. The number of rotatable bonds is 6. The van der Waals surface area contributed by atoms with Gasteiger partial charge >= 0.3 is 5.97 Å². The Balaban J connectivity index is 3.06. The molecule has 0 bridgehead atoms. The summed E-state index contributed by atoms with van der Waals surface area (Å²) in [6.45, 7) is 6.54. The molecule has 0 fully saturated rings. The lowest BCUT2D eigenvalue weighted by atomic mass is 9.91. The van der Waals surface area contributed by atoms with Crippen molar-refractivity contribution in [1.82, 2.24) is 0 Å². The lowest BCUT2D eigenvalue weighted by Gasteiger charge is -2.18. The van der Waals surface area contributed by atoms with Crippen LogP contribution in [-0.2, 0) is 4.79 Å². The van der Waals surface area contributed by atoms with Crippen LogP contribution in [0.2, 0.25) is 0 Å². The number of hydrogen-bond acceptors (Lipinski definition) is 2. The summed E-state index contributed by atoms with van der Waals surface area (Å²) in [4.78, 5) is 10.9. The number of aryl methyl sites for hydroxylation is 1. The Morgan fingerprint density at radius 1 is 1.41 bits per heavy atom. The third-order valence-electron chi connectivity index (χ3n) is 2.82. The number of ether oxygens (including phenoxy) is 1. The molecule has 1 N–H and O–H groups in total. The van der Waals surface area contributed by atoms with Crippen molar-refractivity contribution in [1.29, 1.82) is 0 Å². The van der Waals surface area contributed by atoms with Crippen molar-refractivity contribution < 1.29 is 14.6 Å². The van der Waals surface area contributed by atoms with Crippen molar-refractivity contribution in [2.24, 2.45) is 0 Å². The minimum atomic E-state index is -0.763. The highest BCUT2D eigenvalue weighted by molar-refractivity contribution is 5.68. The van der Waals surface area contributed by atoms with Gasteiger partial charge in [0.05, 0.1) is 13.0 Å². The zero-order valence-electron chi connectivity index (χ0n) is 10.7. The van der Waals surface area contributed by atoms with Crippen molar-refractivity contribution >= 4 is 5.97 Å². The molecule has 17 heavy (non-hydrogen) atoms. The lowest BCUT2D eigenvalue weighted by molar-refractivity contribution is -0.137. The van der Waals surface area contributed by atoms with Crippen molar-refractivity contribution in [3.8, 4) is 5.75 Å². The van der Waals surface area contributed by atoms with Crippen LogP contribution in [0, 0.1) is 6.92 Å². The van der Waals surface area contributed by atoms with Crippen molar-refractivity contribution in [2.45, 2.75) is 39.5 Å². The summed E-state index contributed by atoms with van der Waals surface area (Å²) < 4.78 is 5.56. The van der Waals surface area contributed by atoms with E-state index in [4.69, 9.17) is 9.84 Å². The molecule has 0 heterocycles. The number of carbonyl (C=O) groups is 1. The summed E-state index contributed by atoms with van der Waals surface area (Å²) in [5, 5.41) is 8.93. The van der Waals surface area contributed by atoms with Crippen molar-refractivity contribution in [2.75, 3.05) is 6.61 Å². The van der Waals surface area contributed by atoms with E-state index in [9.17, 15) is 4.79 Å². The Morgan fingerprint density at radius 3 is 2.65 bits per heavy atom. The van der Waals surface area contributed by atoms with Gasteiger partial charge in [-0.3, -0.25) is 4.79 Å². The van der Waals surface area contributed by atoms with E-state index in [0.717, 1.165) is 23.3 Å². The Morgan fingerprint density at radius 2 is 2.12 bits per heavy atom. The first-order valence-electron chi connectivity index (χ1n) is 6.03. The number of carboxylic acid groups (broad SMARTS) is 1. The van der Waals surface area contributed by atoms with Crippen LogP contribution in [0.25, 0.3) is 0 Å². The first kappa shape index (κ1) is 13.6. The van der Waals surface area contributed by atoms with E-state index in [1.807, 2.05) is 39.0 Å². The molecule has 1 unspecified atom stereocenters. The third-order valence-corrected chi connectivity index (χ3v) is 2.82. The van der Waals surface area contributed by atoms with Gasteiger partial charge in [-0.05, 0) is 37.8 Å². The largest absolute Gasteiger partial charge is 0.494 e. The quantitative estimate of drug-likeness (QED) is 0.823. The molecular formula is C14H20O3. The standard InChI is InChI=1S/C14H20O3/c1-4-11(9-14(15)16)12-8-10(3)6-7-13(12)17-5-2/h6-8,11H,4-5,9H2,1-3H3,(H,15,16). The molecule has 1 aromatic carbocycles. The van der Waals surface area contributed by atoms with Crippen molar-refractivity contribution in [3.63, 3.8) is 0 Å². The van der Waals surface area contributed by atoms with Crippen LogP contribution in [-0.4, -0.2) is 17.7 Å². The van der Waals surface area contributed by atoms with Crippen LogP contribution in [0.1, 0.15) is 43.7 Å². The van der Waals surface area contributed by atoms with Gasteiger partial charge in [0, 0.05) is 0 Å². The summed E-state index contributed by atoms with van der Waals surface area (Å²) in [6.07, 6.45) is 0.954. The van der Waals surface area contributed by atoms with E-state index in [2.05, 4.69) is 0 Å². The summed E-state index contributed by atoms with van der Waals surface area (Å²) in [5.74, 6) is 0.0703. The third kappa shape index (κ3) is 3.77. The van der Waals surface area contributed by atoms with E-state index in [1.165, 1.54) is 0 Å². The molecule has 0 aliphatic carbocycles. The average molecular weight is 236 g/mol. The fourth-order valence-corrected chi connectivity index (χ4v) is 1.96. The maximum atomic E-state index is 10.9. The molecule has 0 aromatic heterocycles. The molecule has 0 radical (unpaired) electrons. The zero-order valence-corrected chi connectivity index (χ0v) is 10.7. The Labute approximate surface area is 102 Å². The molecule has 1 rings (SSSR count). The second-order valence-electron chi connectivity index (χ2n) is 4.18. The molecule has 1 aromatic rings. The minimum absolute atomic E-state index is 0.0222. The molecule has 0 saturated carbocycles. The van der Waals surface area contributed by atoms with Gasteiger partial charge in [-0.25, -0.2) is 0 Å². The van der Waals surface area contributed by atoms with Gasteiger partial charge in [0.25, 0.3) is 0 Å². The van der Waals surface area contributed by atoms with Crippen LogP contribution in [0.5, 0.6) is 5.75 Å². The normalized spacial score (nSPS) is 12.2. The molecule has 0 aliphatic heterocycles. The first-order chi connectivity index (χ1) is 8.08. The topological polar surface area (TPSA) is 46.5 Å². The van der Waals surface area contributed by atoms with Gasteiger partial charge in [0.1, 0.15) is 5.75 Å². The number of aliphatic carboxylic acids is 1. The molecule has 0 spiro atoms. The maximum Gasteiger partial charge on any atom is 0.303 e. The van der Waals surface area contributed by atoms with Crippen molar-refractivity contribution in [3.05, 3.63) is 29.3 Å².